The lowest BCUT2D eigenvalue weighted by Crippen LogP contribution is -2.35. The van der Waals surface area contributed by atoms with Crippen LogP contribution in [-0.2, 0) is 23.4 Å². The van der Waals surface area contributed by atoms with E-state index in [4.69, 9.17) is 23.4 Å². The highest BCUT2D eigenvalue weighted by molar-refractivity contribution is 6.70. The van der Waals surface area contributed by atoms with Gasteiger partial charge in [0.1, 0.15) is 12.2 Å². The lowest BCUT2D eigenvalue weighted by molar-refractivity contribution is -0.234. The lowest BCUT2D eigenvalue weighted by atomic mass is 10.1. The summed E-state index contributed by atoms with van der Waals surface area (Å²) in [5.74, 6) is -0.000874. The molecule has 102 valence electrons. The molecule has 4 atom stereocenters. The highest BCUT2D eigenvalue weighted by atomic mass is 28.4. The fourth-order valence-electron chi connectivity index (χ4n) is 2.47. The quantitative estimate of drug-likeness (QED) is 0.719. The van der Waals surface area contributed by atoms with Gasteiger partial charge in [-0.15, -0.1) is 0 Å². The third-order valence-electron chi connectivity index (χ3n) is 2.99. The van der Waals surface area contributed by atoms with Gasteiger partial charge in [-0.2, -0.15) is 0 Å². The molecule has 0 aromatic carbocycles. The average molecular weight is 272 g/mol. The molecule has 6 heteroatoms. The van der Waals surface area contributed by atoms with Gasteiger partial charge in [-0.1, -0.05) is 0 Å². The smallest absolute Gasteiger partial charge is 0.266 e. The van der Waals surface area contributed by atoms with Crippen molar-refractivity contribution in [3.05, 3.63) is 12.0 Å². The summed E-state index contributed by atoms with van der Waals surface area (Å²) >= 11 is 0. The largest absolute Gasteiger partial charge is 0.520 e. The molecule has 0 aliphatic carbocycles. The molecule has 0 amide bonds. The highest BCUT2D eigenvalue weighted by Crippen LogP contribution is 2.42. The summed E-state index contributed by atoms with van der Waals surface area (Å²) in [7, 11) is -1.67. The van der Waals surface area contributed by atoms with Gasteiger partial charge in [0, 0.05) is 6.08 Å². The van der Waals surface area contributed by atoms with E-state index in [2.05, 4.69) is 19.6 Å². The number of rotatable bonds is 2. The van der Waals surface area contributed by atoms with Gasteiger partial charge >= 0.3 is 0 Å². The van der Waals surface area contributed by atoms with Crippen molar-refractivity contribution in [1.82, 2.24) is 0 Å². The second kappa shape index (κ2) is 3.72. The minimum Gasteiger partial charge on any atom is -0.520 e. The van der Waals surface area contributed by atoms with Gasteiger partial charge in [0.2, 0.25) is 14.6 Å². The van der Waals surface area contributed by atoms with Crippen molar-refractivity contribution in [2.24, 2.45) is 0 Å². The van der Waals surface area contributed by atoms with Crippen molar-refractivity contribution < 1.29 is 23.4 Å². The maximum atomic E-state index is 5.86. The van der Waals surface area contributed by atoms with Gasteiger partial charge < -0.3 is 23.4 Å². The molecule has 0 aromatic heterocycles. The summed E-state index contributed by atoms with van der Waals surface area (Å²) in [5, 5.41) is 0. The topological polar surface area (TPSA) is 46.2 Å². The average Bonchev–Trinajstić information content (AvgIpc) is 2.60. The van der Waals surface area contributed by atoms with Crippen molar-refractivity contribution >= 4 is 8.32 Å². The lowest BCUT2D eigenvalue weighted by Gasteiger charge is -2.30. The molecule has 0 saturated carbocycles. The molecule has 2 fully saturated rings. The van der Waals surface area contributed by atoms with E-state index in [1.165, 1.54) is 0 Å². The van der Waals surface area contributed by atoms with E-state index < -0.39 is 20.4 Å². The fourth-order valence-corrected chi connectivity index (χ4v) is 3.19. The molecule has 0 aromatic rings. The molecular weight excluding hydrogens is 252 g/mol. The molecule has 3 heterocycles. The molecule has 18 heavy (non-hydrogen) atoms. The molecule has 0 N–H and O–H groups in total. The zero-order valence-corrected chi connectivity index (χ0v) is 12.4. The molecule has 0 spiro atoms. The predicted octanol–water partition coefficient (Wildman–Crippen LogP) is 1.95. The van der Waals surface area contributed by atoms with Crippen LogP contribution in [0.5, 0.6) is 0 Å². The van der Waals surface area contributed by atoms with Crippen LogP contribution in [0.15, 0.2) is 12.0 Å². The van der Waals surface area contributed by atoms with E-state index in [1.807, 2.05) is 19.9 Å². The normalized spacial score (nSPS) is 41.1. The monoisotopic (exact) mass is 272 g/mol. The van der Waals surface area contributed by atoms with Crippen LogP contribution in [-0.4, -0.2) is 38.7 Å². The molecule has 0 radical (unpaired) electrons. The Hall–Kier alpha value is -0.563. The van der Waals surface area contributed by atoms with Crippen LogP contribution in [0.1, 0.15) is 13.8 Å². The van der Waals surface area contributed by atoms with Crippen LogP contribution in [0.3, 0.4) is 0 Å². The second-order valence-corrected chi connectivity index (χ2v) is 10.8. The van der Waals surface area contributed by atoms with Crippen LogP contribution in [0.25, 0.3) is 0 Å². The van der Waals surface area contributed by atoms with Crippen molar-refractivity contribution in [2.75, 3.05) is 0 Å². The van der Waals surface area contributed by atoms with Crippen molar-refractivity contribution in [3.8, 4) is 0 Å². The van der Waals surface area contributed by atoms with Gasteiger partial charge in [-0.05, 0) is 33.5 Å². The fraction of sp³-hybridized carbons (Fsp3) is 0.833. The van der Waals surface area contributed by atoms with Crippen molar-refractivity contribution in [1.29, 1.82) is 0 Å². The Kier molecular flexibility index (Phi) is 2.58. The number of hydrogen-bond acceptors (Lipinski definition) is 5. The van der Waals surface area contributed by atoms with E-state index in [-0.39, 0.29) is 18.3 Å². The van der Waals surface area contributed by atoms with E-state index in [0.29, 0.717) is 5.95 Å². The number of fused-ring (bicyclic) bond motifs is 5. The molecule has 2 bridgehead atoms. The van der Waals surface area contributed by atoms with Crippen LogP contribution < -0.4 is 0 Å². The van der Waals surface area contributed by atoms with Crippen LogP contribution in [0.4, 0.5) is 0 Å². The van der Waals surface area contributed by atoms with Crippen LogP contribution >= 0.6 is 0 Å². The van der Waals surface area contributed by atoms with Gasteiger partial charge in [0.15, 0.2) is 11.9 Å². The van der Waals surface area contributed by atoms with E-state index >= 15 is 0 Å². The summed E-state index contributed by atoms with van der Waals surface area (Å²) in [6.45, 7) is 10.2. The first-order valence-corrected chi connectivity index (χ1v) is 9.73. The summed E-state index contributed by atoms with van der Waals surface area (Å²) in [5.41, 5.74) is 0. The van der Waals surface area contributed by atoms with Gasteiger partial charge in [-0.3, -0.25) is 0 Å². The Bertz CT molecular complexity index is 386. The SMILES string of the molecule is CC1(C)O[C@H]2[C@@H]3OC(O[Si](C)(C)C)=C[C@@H](O3)[C@H]2O1. The molecule has 3 aliphatic rings. The zero-order valence-electron chi connectivity index (χ0n) is 11.4. The first kappa shape index (κ1) is 12.5. The first-order valence-electron chi connectivity index (χ1n) is 6.32. The molecule has 5 nitrogen and oxygen atoms in total. The summed E-state index contributed by atoms with van der Waals surface area (Å²) in [4.78, 5) is 0. The number of hydrogen-bond donors (Lipinski definition) is 0. The Morgan fingerprint density at radius 1 is 1.17 bits per heavy atom. The minimum atomic E-state index is -1.67. The Morgan fingerprint density at radius 3 is 2.50 bits per heavy atom. The maximum Gasteiger partial charge on any atom is 0.266 e. The van der Waals surface area contributed by atoms with Crippen molar-refractivity contribution in [2.45, 2.75) is 63.9 Å². The van der Waals surface area contributed by atoms with E-state index in [1.54, 1.807) is 0 Å². The Morgan fingerprint density at radius 2 is 1.83 bits per heavy atom. The van der Waals surface area contributed by atoms with Gasteiger partial charge in [0.05, 0.1) is 0 Å². The molecule has 3 aliphatic heterocycles. The highest BCUT2D eigenvalue weighted by Gasteiger charge is 2.58. The summed E-state index contributed by atoms with van der Waals surface area (Å²) < 4.78 is 28.9. The number of ether oxygens (including phenoxy) is 4. The zero-order chi connectivity index (χ0) is 13.1. The Labute approximate surface area is 108 Å². The first-order chi connectivity index (χ1) is 8.23. The minimum absolute atomic E-state index is 0.104. The maximum absolute atomic E-state index is 5.86. The third kappa shape index (κ3) is 2.18. The predicted molar refractivity (Wildman–Crippen MR) is 66.1 cm³/mol. The van der Waals surface area contributed by atoms with Crippen LogP contribution in [0.2, 0.25) is 19.6 Å². The molecule has 0 unspecified atom stereocenters. The van der Waals surface area contributed by atoms with Gasteiger partial charge in [-0.25, -0.2) is 0 Å². The third-order valence-corrected chi connectivity index (χ3v) is 3.80. The van der Waals surface area contributed by atoms with E-state index in [9.17, 15) is 0 Å². The summed E-state index contributed by atoms with van der Waals surface area (Å²) in [6, 6.07) is 0. The Balaban J connectivity index is 1.77. The summed E-state index contributed by atoms with van der Waals surface area (Å²) in [6.07, 6.45) is 1.03. The van der Waals surface area contributed by atoms with Crippen LogP contribution in [0, 0.1) is 0 Å². The molecule has 2 saturated heterocycles. The van der Waals surface area contributed by atoms with Gasteiger partial charge in [0.25, 0.3) is 5.95 Å². The molecular formula is C12H20O5Si. The van der Waals surface area contributed by atoms with Crippen molar-refractivity contribution in [3.63, 3.8) is 0 Å². The van der Waals surface area contributed by atoms with E-state index in [0.717, 1.165) is 0 Å². The second-order valence-electron chi connectivity index (χ2n) is 6.35. The standard InChI is InChI=1S/C12H20O5Si/c1-12(2)15-9-7-6-8(17-18(3,4)5)14-11(13-7)10(9)16-12/h6-7,9-11H,1-5H3/t7-,9-,10-,11+/m1/s1. The molecule has 3 rings (SSSR count).